The molecule has 0 saturated carbocycles. The van der Waals surface area contributed by atoms with E-state index in [0.717, 1.165) is 41.1 Å². The summed E-state index contributed by atoms with van der Waals surface area (Å²) < 4.78 is 2.39. The number of para-hydroxylation sites is 3. The molecule has 5 heterocycles. The van der Waals surface area contributed by atoms with Crippen molar-refractivity contribution in [3.05, 3.63) is 211 Å². The van der Waals surface area contributed by atoms with Gasteiger partial charge in [0.25, 0.3) is 0 Å². The van der Waals surface area contributed by atoms with Crippen LogP contribution in [0.3, 0.4) is 0 Å². The number of allylic oxidation sites excluding steroid dienone is 3. The molecule has 0 N–H and O–H groups in total. The fourth-order valence-electron chi connectivity index (χ4n) is 10.2. The maximum absolute atomic E-state index is 4.62. The third kappa shape index (κ3) is 5.34. The number of pyridine rings is 1. The van der Waals surface area contributed by atoms with Crippen LogP contribution in [0.4, 0.5) is 17.1 Å². The number of hydrogen-bond donors (Lipinski definition) is 0. The van der Waals surface area contributed by atoms with Crippen LogP contribution < -0.4 is 4.90 Å². The first-order valence-corrected chi connectivity index (χ1v) is 20.7. The molecular formula is C53H42N6. The van der Waals surface area contributed by atoms with Crippen LogP contribution in [-0.2, 0) is 0 Å². The highest BCUT2D eigenvalue weighted by Crippen LogP contribution is 2.59. The van der Waals surface area contributed by atoms with Crippen LogP contribution >= 0.6 is 0 Å². The second-order valence-corrected chi connectivity index (χ2v) is 16.0. The number of likely N-dealkylation sites (N-methyl/N-ethyl adjacent to an activating group) is 1. The maximum Gasteiger partial charge on any atom is 0.119 e. The smallest absolute Gasteiger partial charge is 0.119 e. The zero-order chi connectivity index (χ0) is 39.0. The monoisotopic (exact) mass is 762 g/mol. The van der Waals surface area contributed by atoms with Crippen LogP contribution in [0.1, 0.15) is 36.3 Å². The van der Waals surface area contributed by atoms with Crippen LogP contribution in [-0.4, -0.2) is 37.7 Å². The SMILES string of the molecule is CN1C(C2=CC=CCC2)N2C(c3ccccc3)N2C1c1cccc(-c2cccc(N3c4ccccc4-c4c(n(-c5ccccc5)c5cnccc45)-c4ccccc43)c2)c1. The van der Waals surface area contributed by atoms with Crippen molar-refractivity contribution in [1.29, 1.82) is 0 Å². The molecule has 0 radical (unpaired) electrons. The summed E-state index contributed by atoms with van der Waals surface area (Å²) in [7, 11) is 2.30. The first-order chi connectivity index (χ1) is 29.2. The number of aromatic nitrogens is 2. The quantitative estimate of drug-likeness (QED) is 0.157. The zero-order valence-electron chi connectivity index (χ0n) is 32.8. The van der Waals surface area contributed by atoms with Gasteiger partial charge in [0.2, 0.25) is 0 Å². The van der Waals surface area contributed by atoms with Gasteiger partial charge in [-0.1, -0.05) is 133 Å². The summed E-state index contributed by atoms with van der Waals surface area (Å²) in [6.07, 6.45) is 13.6. The number of hydrogen-bond acceptors (Lipinski definition) is 5. The molecule has 2 fully saturated rings. The minimum absolute atomic E-state index is 0.114. The Morgan fingerprint density at radius 3 is 2.03 bits per heavy atom. The van der Waals surface area contributed by atoms with E-state index in [4.69, 9.17) is 0 Å². The Labute approximate surface area is 344 Å². The van der Waals surface area contributed by atoms with Gasteiger partial charge >= 0.3 is 0 Å². The lowest BCUT2D eigenvalue weighted by Crippen LogP contribution is -2.37. The molecule has 3 aliphatic heterocycles. The first kappa shape index (κ1) is 34.2. The van der Waals surface area contributed by atoms with Crippen LogP contribution in [0, 0.1) is 0 Å². The molecule has 284 valence electrons. The normalized spacial score (nSPS) is 21.6. The Hall–Kier alpha value is -6.83. The summed E-state index contributed by atoms with van der Waals surface area (Å²) in [5, 5.41) is 6.35. The van der Waals surface area contributed by atoms with Gasteiger partial charge in [0.1, 0.15) is 18.5 Å². The van der Waals surface area contributed by atoms with Crippen molar-refractivity contribution in [2.24, 2.45) is 0 Å². The average Bonchev–Trinajstić information content (AvgIpc) is 3.82. The molecule has 6 nitrogen and oxygen atoms in total. The number of anilines is 3. The van der Waals surface area contributed by atoms with Gasteiger partial charge in [-0.15, -0.1) is 0 Å². The Balaban J connectivity index is 0.979. The lowest BCUT2D eigenvalue weighted by Gasteiger charge is -2.32. The van der Waals surface area contributed by atoms with Crippen molar-refractivity contribution in [1.82, 2.24) is 24.5 Å². The van der Waals surface area contributed by atoms with E-state index in [0.29, 0.717) is 0 Å². The number of benzene rings is 6. The Morgan fingerprint density at radius 1 is 0.576 bits per heavy atom. The van der Waals surface area contributed by atoms with Crippen molar-refractivity contribution >= 4 is 28.0 Å². The lowest BCUT2D eigenvalue weighted by molar-refractivity contribution is 0.161. The fraction of sp³-hybridized carbons (Fsp3) is 0.113. The number of hydrazine groups is 1. The summed E-state index contributed by atoms with van der Waals surface area (Å²) in [5.41, 5.74) is 16.9. The van der Waals surface area contributed by atoms with E-state index in [1.165, 1.54) is 55.6 Å². The summed E-state index contributed by atoms with van der Waals surface area (Å²) >= 11 is 0. The molecule has 59 heavy (non-hydrogen) atoms. The van der Waals surface area contributed by atoms with Crippen molar-refractivity contribution in [2.45, 2.75) is 31.3 Å². The van der Waals surface area contributed by atoms with Crippen molar-refractivity contribution in [3.63, 3.8) is 0 Å². The minimum atomic E-state index is 0.114. The summed E-state index contributed by atoms with van der Waals surface area (Å²) in [6.45, 7) is 0. The van der Waals surface area contributed by atoms with E-state index in [-0.39, 0.29) is 18.5 Å². The van der Waals surface area contributed by atoms with E-state index in [1.54, 1.807) is 0 Å². The molecule has 0 bridgehead atoms. The Morgan fingerprint density at radius 2 is 1.24 bits per heavy atom. The molecule has 4 aliphatic rings. The zero-order valence-corrected chi connectivity index (χ0v) is 32.8. The van der Waals surface area contributed by atoms with Gasteiger partial charge in [-0.3, -0.25) is 9.88 Å². The van der Waals surface area contributed by atoms with Crippen molar-refractivity contribution < 1.29 is 0 Å². The topological polar surface area (TPSA) is 30.3 Å². The van der Waals surface area contributed by atoms with Crippen LogP contribution in [0.25, 0.3) is 50.1 Å². The predicted octanol–water partition coefficient (Wildman–Crippen LogP) is 12.6. The molecule has 5 unspecified atom stereocenters. The molecule has 2 saturated heterocycles. The molecule has 12 rings (SSSR count). The average molecular weight is 763 g/mol. The highest BCUT2D eigenvalue weighted by atomic mass is 16.0. The van der Waals surface area contributed by atoms with Crippen molar-refractivity contribution in [3.8, 4) is 39.2 Å². The molecule has 6 heteroatoms. The van der Waals surface area contributed by atoms with E-state index in [9.17, 15) is 0 Å². The fourth-order valence-corrected chi connectivity index (χ4v) is 10.2. The van der Waals surface area contributed by atoms with Gasteiger partial charge < -0.3 is 9.47 Å². The van der Waals surface area contributed by atoms with E-state index >= 15 is 0 Å². The maximum atomic E-state index is 4.62. The molecule has 6 aromatic carbocycles. The minimum Gasteiger partial charge on any atom is -0.309 e. The first-order valence-electron chi connectivity index (χ1n) is 20.7. The molecule has 0 spiro atoms. The van der Waals surface area contributed by atoms with Gasteiger partial charge in [0.15, 0.2) is 0 Å². The van der Waals surface area contributed by atoms with Gasteiger partial charge in [-0.2, -0.15) is 10.0 Å². The number of fused-ring (bicyclic) bond motifs is 8. The summed E-state index contributed by atoms with van der Waals surface area (Å²) in [5.74, 6) is 0. The van der Waals surface area contributed by atoms with Crippen LogP contribution in [0.2, 0.25) is 0 Å². The third-order valence-electron chi connectivity index (χ3n) is 12.7. The van der Waals surface area contributed by atoms with Gasteiger partial charge in [-0.05, 0) is 96.2 Å². The predicted molar refractivity (Wildman–Crippen MR) is 239 cm³/mol. The molecule has 5 atom stereocenters. The number of rotatable bonds is 6. The second kappa shape index (κ2) is 13.6. The molecule has 1 aliphatic carbocycles. The second-order valence-electron chi connectivity index (χ2n) is 16.0. The molecule has 0 amide bonds. The third-order valence-corrected chi connectivity index (χ3v) is 12.7. The van der Waals surface area contributed by atoms with E-state index in [2.05, 4.69) is 218 Å². The number of nitrogens with zero attached hydrogens (tertiary/aromatic N) is 6. The molecular weight excluding hydrogens is 721 g/mol. The summed E-state index contributed by atoms with van der Waals surface area (Å²) in [6, 6.07) is 59.9. The summed E-state index contributed by atoms with van der Waals surface area (Å²) in [4.78, 5) is 9.64. The van der Waals surface area contributed by atoms with Gasteiger partial charge in [-0.25, -0.2) is 0 Å². The highest BCUT2D eigenvalue weighted by molar-refractivity contribution is 6.12. The van der Waals surface area contributed by atoms with Crippen LogP contribution in [0.15, 0.2) is 200 Å². The highest BCUT2D eigenvalue weighted by Gasteiger charge is 2.63. The standard InChI is InChI=1S/C53H42N6/c1-55-51(36-17-5-2-6-18-36)58-53(37-19-7-3-8-20-37)59(58)52(55)40-23-15-21-38(33-40)39-22-16-26-42(34-39)56-46-29-13-11-27-43(46)49-44-31-32-54-35-48(44)57(41-24-9-4-10-25-41)50(49)45-28-12-14-30-47(45)56/h2-5,7-17,19-35,51-53H,6,18H2,1H3. The van der Waals surface area contributed by atoms with Gasteiger partial charge in [0, 0.05) is 39.6 Å². The Bertz CT molecular complexity index is 2970. The molecule has 8 aromatic rings. The van der Waals surface area contributed by atoms with Crippen molar-refractivity contribution in [2.75, 3.05) is 11.9 Å². The van der Waals surface area contributed by atoms with Crippen LogP contribution in [0.5, 0.6) is 0 Å². The Kier molecular flexibility index (Phi) is 7.91. The molecule has 2 aromatic heterocycles. The van der Waals surface area contributed by atoms with Gasteiger partial charge in [0.05, 0.1) is 28.8 Å². The van der Waals surface area contributed by atoms with E-state index in [1.807, 2.05) is 12.4 Å². The largest absolute Gasteiger partial charge is 0.309 e. The lowest BCUT2D eigenvalue weighted by atomic mass is 9.98. The van der Waals surface area contributed by atoms with E-state index < -0.39 is 0 Å².